The van der Waals surface area contributed by atoms with Gasteiger partial charge in [0.1, 0.15) is 0 Å². The number of nitrogen functional groups attached to an aromatic ring is 1. The summed E-state index contributed by atoms with van der Waals surface area (Å²) in [6.45, 7) is 2.02. The van der Waals surface area contributed by atoms with Crippen LogP contribution in [0.15, 0.2) is 36.4 Å². The molecule has 0 radical (unpaired) electrons. The molecule has 6 nitrogen and oxygen atoms in total. The number of carboxylic acid groups (broad SMARTS) is 1. The Balaban J connectivity index is 1.98. The molecule has 25 heavy (non-hydrogen) atoms. The Hall–Kier alpha value is -3.15. The van der Waals surface area contributed by atoms with Gasteiger partial charge in [-0.25, -0.2) is 0 Å². The van der Waals surface area contributed by atoms with Gasteiger partial charge in [0.25, 0.3) is 0 Å². The van der Waals surface area contributed by atoms with Gasteiger partial charge in [-0.05, 0) is 42.8 Å². The summed E-state index contributed by atoms with van der Waals surface area (Å²) in [6.07, 6.45) is -0.0754. The number of ether oxygens (including phenoxy) is 2. The molecule has 3 N–H and O–H groups in total. The van der Waals surface area contributed by atoms with Gasteiger partial charge in [-0.15, -0.1) is 0 Å². The Morgan fingerprint density at radius 2 is 1.88 bits per heavy atom. The van der Waals surface area contributed by atoms with Crippen LogP contribution < -0.4 is 15.2 Å². The van der Waals surface area contributed by atoms with Gasteiger partial charge >= 0.3 is 5.97 Å². The second kappa shape index (κ2) is 6.39. The molecular weight excluding hydrogens is 320 g/mol. The van der Waals surface area contributed by atoms with E-state index in [4.69, 9.17) is 20.3 Å². The lowest BCUT2D eigenvalue weighted by atomic mass is 10.1. The van der Waals surface area contributed by atoms with Crippen molar-refractivity contribution >= 4 is 22.6 Å². The first-order chi connectivity index (χ1) is 11.9. The van der Waals surface area contributed by atoms with E-state index in [1.807, 2.05) is 32.2 Å². The molecule has 0 amide bonds. The molecule has 0 aliphatic rings. The van der Waals surface area contributed by atoms with E-state index in [0.29, 0.717) is 28.5 Å². The number of aryl methyl sites for hydroxylation is 2. The average molecular weight is 340 g/mol. The lowest BCUT2D eigenvalue weighted by Gasteiger charge is -2.13. The van der Waals surface area contributed by atoms with Crippen LogP contribution in [0.4, 0.5) is 5.69 Å². The van der Waals surface area contributed by atoms with Gasteiger partial charge in [-0.3, -0.25) is 4.79 Å². The van der Waals surface area contributed by atoms with Crippen molar-refractivity contribution in [1.82, 2.24) is 4.57 Å². The molecule has 3 aromatic rings. The molecule has 1 heterocycles. The van der Waals surface area contributed by atoms with Crippen molar-refractivity contribution < 1.29 is 19.4 Å². The highest BCUT2D eigenvalue weighted by atomic mass is 16.5. The van der Waals surface area contributed by atoms with Gasteiger partial charge in [-0.2, -0.15) is 0 Å². The number of carbonyl (C=O) groups is 1. The first kappa shape index (κ1) is 16.7. The lowest BCUT2D eigenvalue weighted by Crippen LogP contribution is -2.01. The second-order valence-corrected chi connectivity index (χ2v) is 5.91. The summed E-state index contributed by atoms with van der Waals surface area (Å²) in [4.78, 5) is 10.9. The summed E-state index contributed by atoms with van der Waals surface area (Å²) in [7, 11) is 3.50. The Labute approximate surface area is 145 Å². The molecule has 2 aromatic carbocycles. The number of benzene rings is 2. The number of rotatable bonds is 5. The number of aliphatic carboxylic acids is 1. The monoisotopic (exact) mass is 340 g/mol. The standard InChI is InChI=1S/C19H20N2O4/c1-11-8-13-14(21(11)2)5-7-16(19(13)20)25-15-6-4-12(10-18(22)23)9-17(15)24-3/h4-9H,10,20H2,1-3H3,(H,22,23). The average Bonchev–Trinajstić information content (AvgIpc) is 2.86. The van der Waals surface area contributed by atoms with E-state index in [9.17, 15) is 4.79 Å². The highest BCUT2D eigenvalue weighted by molar-refractivity contribution is 5.95. The fourth-order valence-electron chi connectivity index (χ4n) is 2.83. The van der Waals surface area contributed by atoms with Crippen molar-refractivity contribution in [2.75, 3.05) is 12.8 Å². The molecule has 0 unspecified atom stereocenters. The third-order valence-electron chi connectivity index (χ3n) is 4.27. The summed E-state index contributed by atoms with van der Waals surface area (Å²) < 4.78 is 13.3. The van der Waals surface area contributed by atoms with E-state index >= 15 is 0 Å². The summed E-state index contributed by atoms with van der Waals surface area (Å²) in [5.74, 6) is 0.574. The van der Waals surface area contributed by atoms with Gasteiger partial charge in [0.15, 0.2) is 17.2 Å². The van der Waals surface area contributed by atoms with Crippen LogP contribution in [-0.2, 0) is 18.3 Å². The zero-order chi connectivity index (χ0) is 18.1. The van der Waals surface area contributed by atoms with Crippen LogP contribution in [0.1, 0.15) is 11.3 Å². The number of fused-ring (bicyclic) bond motifs is 1. The number of anilines is 1. The van der Waals surface area contributed by atoms with Crippen molar-refractivity contribution in [2.45, 2.75) is 13.3 Å². The zero-order valence-electron chi connectivity index (χ0n) is 14.4. The summed E-state index contributed by atoms with van der Waals surface area (Å²) in [6, 6.07) is 10.8. The van der Waals surface area contributed by atoms with Crippen LogP contribution in [0.25, 0.3) is 10.9 Å². The predicted molar refractivity (Wildman–Crippen MR) is 96.5 cm³/mol. The molecule has 6 heteroatoms. The quantitative estimate of drug-likeness (QED) is 0.694. The third-order valence-corrected chi connectivity index (χ3v) is 4.27. The van der Waals surface area contributed by atoms with Crippen molar-refractivity contribution in [3.8, 4) is 17.2 Å². The highest BCUT2D eigenvalue weighted by Gasteiger charge is 2.14. The molecule has 0 aliphatic heterocycles. The molecule has 1 aromatic heterocycles. The van der Waals surface area contributed by atoms with E-state index in [1.54, 1.807) is 18.2 Å². The van der Waals surface area contributed by atoms with Crippen molar-refractivity contribution in [1.29, 1.82) is 0 Å². The summed E-state index contributed by atoms with van der Waals surface area (Å²) in [5.41, 5.74) is 9.61. The Kier molecular flexibility index (Phi) is 4.27. The Morgan fingerprint density at radius 1 is 1.16 bits per heavy atom. The second-order valence-electron chi connectivity index (χ2n) is 5.91. The molecule has 130 valence electrons. The summed E-state index contributed by atoms with van der Waals surface area (Å²) >= 11 is 0. The van der Waals surface area contributed by atoms with Crippen LogP contribution >= 0.6 is 0 Å². The Bertz CT molecular complexity index is 960. The van der Waals surface area contributed by atoms with Crippen molar-refractivity contribution in [2.24, 2.45) is 7.05 Å². The van der Waals surface area contributed by atoms with Gasteiger partial charge in [0.05, 0.1) is 24.7 Å². The van der Waals surface area contributed by atoms with Crippen LogP contribution in [-0.4, -0.2) is 22.8 Å². The number of nitrogens with two attached hydrogens (primary N) is 1. The third kappa shape index (κ3) is 3.10. The van der Waals surface area contributed by atoms with E-state index in [1.165, 1.54) is 7.11 Å². The molecule has 0 fully saturated rings. The fourth-order valence-corrected chi connectivity index (χ4v) is 2.83. The van der Waals surface area contributed by atoms with Crippen LogP contribution in [0, 0.1) is 6.92 Å². The minimum atomic E-state index is -0.898. The molecule has 0 spiro atoms. The fraction of sp³-hybridized carbons (Fsp3) is 0.211. The summed E-state index contributed by atoms with van der Waals surface area (Å²) in [5, 5.41) is 9.84. The van der Waals surface area contributed by atoms with E-state index in [0.717, 1.165) is 16.6 Å². The van der Waals surface area contributed by atoms with E-state index in [2.05, 4.69) is 4.57 Å². The molecular formula is C19H20N2O4. The van der Waals surface area contributed by atoms with E-state index < -0.39 is 5.97 Å². The molecule has 0 aliphatic carbocycles. The lowest BCUT2D eigenvalue weighted by molar-refractivity contribution is -0.136. The number of hydrogen-bond acceptors (Lipinski definition) is 4. The maximum absolute atomic E-state index is 10.9. The first-order valence-corrected chi connectivity index (χ1v) is 7.81. The molecule has 0 atom stereocenters. The molecule has 0 saturated carbocycles. The van der Waals surface area contributed by atoms with Crippen LogP contribution in [0.3, 0.4) is 0 Å². The predicted octanol–water partition coefficient (Wildman–Crippen LogP) is 3.50. The Morgan fingerprint density at radius 3 is 2.56 bits per heavy atom. The van der Waals surface area contributed by atoms with Gasteiger partial charge < -0.3 is 24.9 Å². The van der Waals surface area contributed by atoms with E-state index in [-0.39, 0.29) is 6.42 Å². The highest BCUT2D eigenvalue weighted by Crippen LogP contribution is 2.38. The minimum absolute atomic E-state index is 0.0754. The number of nitrogens with zero attached hydrogens (tertiary/aromatic N) is 1. The normalized spacial score (nSPS) is 10.8. The topological polar surface area (TPSA) is 86.7 Å². The number of carboxylic acids is 1. The minimum Gasteiger partial charge on any atom is -0.493 e. The number of methoxy groups -OCH3 is 1. The molecule has 0 bridgehead atoms. The van der Waals surface area contributed by atoms with Crippen LogP contribution in [0.2, 0.25) is 0 Å². The SMILES string of the molecule is COc1cc(CC(=O)O)ccc1Oc1ccc2c(cc(C)n2C)c1N. The first-order valence-electron chi connectivity index (χ1n) is 7.81. The van der Waals surface area contributed by atoms with Gasteiger partial charge in [0, 0.05) is 18.1 Å². The maximum atomic E-state index is 10.9. The van der Waals surface area contributed by atoms with Crippen LogP contribution in [0.5, 0.6) is 17.2 Å². The smallest absolute Gasteiger partial charge is 0.307 e. The molecule has 0 saturated heterocycles. The number of hydrogen-bond donors (Lipinski definition) is 2. The zero-order valence-corrected chi connectivity index (χ0v) is 14.4. The maximum Gasteiger partial charge on any atom is 0.307 e. The van der Waals surface area contributed by atoms with Gasteiger partial charge in [-0.1, -0.05) is 6.07 Å². The number of aromatic nitrogens is 1. The molecule has 3 rings (SSSR count). The van der Waals surface area contributed by atoms with Gasteiger partial charge in [0.2, 0.25) is 0 Å². The van der Waals surface area contributed by atoms with Crippen molar-refractivity contribution in [3.05, 3.63) is 47.7 Å². The largest absolute Gasteiger partial charge is 0.493 e. The van der Waals surface area contributed by atoms with Crippen molar-refractivity contribution in [3.63, 3.8) is 0 Å².